The Morgan fingerprint density at radius 1 is 1.42 bits per heavy atom. The van der Waals surface area contributed by atoms with E-state index in [-0.39, 0.29) is 17.9 Å². The lowest BCUT2D eigenvalue weighted by Gasteiger charge is -2.25. The summed E-state index contributed by atoms with van der Waals surface area (Å²) in [5.41, 5.74) is 2.94. The number of nitrogens with zero attached hydrogens (tertiary/aromatic N) is 2. The van der Waals surface area contributed by atoms with Gasteiger partial charge >= 0.3 is 0 Å². The van der Waals surface area contributed by atoms with Crippen molar-refractivity contribution in [3.63, 3.8) is 0 Å². The SMILES string of the molecule is CC(=O)NCc1cc([C@H]2CCCN2C(=O)c2sccc2C)ccn1. The van der Waals surface area contributed by atoms with Crippen molar-refractivity contribution in [2.24, 2.45) is 0 Å². The van der Waals surface area contributed by atoms with Crippen LogP contribution in [-0.2, 0) is 11.3 Å². The summed E-state index contributed by atoms with van der Waals surface area (Å²) < 4.78 is 0. The molecule has 1 N–H and O–H groups in total. The van der Waals surface area contributed by atoms with E-state index in [1.807, 2.05) is 35.4 Å². The third-order valence-corrected chi connectivity index (χ3v) is 5.32. The standard InChI is InChI=1S/C18H21N3O2S/c1-12-6-9-24-17(12)18(23)21-8-3-4-16(21)14-5-7-19-15(10-14)11-20-13(2)22/h5-7,9-10,16H,3-4,8,11H2,1-2H3,(H,20,22)/t16-/m1/s1. The van der Waals surface area contributed by atoms with Gasteiger partial charge in [0.1, 0.15) is 0 Å². The van der Waals surface area contributed by atoms with Gasteiger partial charge in [0, 0.05) is 19.7 Å². The summed E-state index contributed by atoms with van der Waals surface area (Å²) in [6.45, 7) is 4.66. The number of amides is 2. The van der Waals surface area contributed by atoms with E-state index in [0.717, 1.165) is 41.1 Å². The van der Waals surface area contributed by atoms with Crippen LogP contribution in [0.5, 0.6) is 0 Å². The first-order valence-electron chi connectivity index (χ1n) is 8.10. The Kier molecular flexibility index (Phi) is 4.94. The first-order chi connectivity index (χ1) is 11.6. The van der Waals surface area contributed by atoms with Gasteiger partial charge in [-0.25, -0.2) is 0 Å². The third-order valence-electron chi connectivity index (χ3n) is 4.31. The van der Waals surface area contributed by atoms with E-state index in [1.165, 1.54) is 18.3 Å². The molecule has 0 bridgehead atoms. The molecule has 6 heteroatoms. The van der Waals surface area contributed by atoms with Crippen molar-refractivity contribution >= 4 is 23.2 Å². The van der Waals surface area contributed by atoms with Crippen LogP contribution in [0.2, 0.25) is 0 Å². The predicted octanol–water partition coefficient (Wildman–Crippen LogP) is 3.06. The highest BCUT2D eigenvalue weighted by Gasteiger charge is 2.31. The molecule has 3 rings (SSSR count). The molecule has 2 aromatic rings. The second-order valence-electron chi connectivity index (χ2n) is 6.08. The molecular formula is C18H21N3O2S. The van der Waals surface area contributed by atoms with Crippen LogP contribution >= 0.6 is 11.3 Å². The number of rotatable bonds is 4. The average Bonchev–Trinajstić information content (AvgIpc) is 3.21. The highest BCUT2D eigenvalue weighted by Crippen LogP contribution is 2.34. The first-order valence-corrected chi connectivity index (χ1v) is 8.98. The number of nitrogens with one attached hydrogen (secondary N) is 1. The zero-order valence-electron chi connectivity index (χ0n) is 13.9. The van der Waals surface area contributed by atoms with E-state index in [0.29, 0.717) is 6.54 Å². The molecule has 24 heavy (non-hydrogen) atoms. The highest BCUT2D eigenvalue weighted by atomic mass is 32.1. The molecule has 126 valence electrons. The summed E-state index contributed by atoms with van der Waals surface area (Å²) in [6.07, 6.45) is 3.72. The lowest BCUT2D eigenvalue weighted by Crippen LogP contribution is -2.30. The van der Waals surface area contributed by atoms with Gasteiger partial charge in [0.2, 0.25) is 5.91 Å². The maximum atomic E-state index is 12.9. The Labute approximate surface area is 145 Å². The number of carbonyl (C=O) groups excluding carboxylic acids is 2. The van der Waals surface area contributed by atoms with Gasteiger partial charge in [-0.2, -0.15) is 0 Å². The van der Waals surface area contributed by atoms with Crippen LogP contribution in [0.25, 0.3) is 0 Å². The second-order valence-corrected chi connectivity index (χ2v) is 7.00. The Hall–Kier alpha value is -2.21. The van der Waals surface area contributed by atoms with E-state index in [2.05, 4.69) is 10.3 Å². The molecule has 1 fully saturated rings. The zero-order valence-corrected chi connectivity index (χ0v) is 14.7. The van der Waals surface area contributed by atoms with Gasteiger partial charge in [-0.3, -0.25) is 14.6 Å². The van der Waals surface area contributed by atoms with Crippen LogP contribution in [0.1, 0.15) is 52.3 Å². The van der Waals surface area contributed by atoms with Gasteiger partial charge in [0.25, 0.3) is 5.91 Å². The first kappa shape index (κ1) is 16.6. The molecule has 2 amide bonds. The number of thiophene rings is 1. The Bertz CT molecular complexity index is 756. The maximum absolute atomic E-state index is 12.9. The van der Waals surface area contributed by atoms with Crippen LogP contribution in [0.3, 0.4) is 0 Å². The van der Waals surface area contributed by atoms with Crippen molar-refractivity contribution in [2.45, 2.75) is 39.3 Å². The lowest BCUT2D eigenvalue weighted by molar-refractivity contribution is -0.119. The molecule has 5 nitrogen and oxygen atoms in total. The molecule has 2 aromatic heterocycles. The smallest absolute Gasteiger partial charge is 0.264 e. The summed E-state index contributed by atoms with van der Waals surface area (Å²) >= 11 is 1.51. The highest BCUT2D eigenvalue weighted by molar-refractivity contribution is 7.12. The van der Waals surface area contributed by atoms with Gasteiger partial charge in [0.05, 0.1) is 23.2 Å². The van der Waals surface area contributed by atoms with Crippen LogP contribution in [0, 0.1) is 6.92 Å². The molecule has 1 aliphatic heterocycles. The number of aromatic nitrogens is 1. The minimum absolute atomic E-state index is 0.0759. The largest absolute Gasteiger partial charge is 0.351 e. The van der Waals surface area contributed by atoms with Crippen LogP contribution < -0.4 is 5.32 Å². The quantitative estimate of drug-likeness (QED) is 0.928. The number of pyridine rings is 1. The molecule has 1 saturated heterocycles. The van der Waals surface area contributed by atoms with Gasteiger partial charge in [-0.1, -0.05) is 0 Å². The fraction of sp³-hybridized carbons (Fsp3) is 0.389. The number of hydrogen-bond acceptors (Lipinski definition) is 4. The van der Waals surface area contributed by atoms with Crippen LogP contribution in [0.4, 0.5) is 0 Å². The lowest BCUT2D eigenvalue weighted by atomic mass is 10.0. The fourth-order valence-electron chi connectivity index (χ4n) is 3.09. The van der Waals surface area contributed by atoms with Gasteiger partial charge in [0.15, 0.2) is 0 Å². The van der Waals surface area contributed by atoms with E-state index >= 15 is 0 Å². The van der Waals surface area contributed by atoms with Crippen molar-refractivity contribution in [3.05, 3.63) is 51.5 Å². The predicted molar refractivity (Wildman–Crippen MR) is 93.8 cm³/mol. The van der Waals surface area contributed by atoms with Crippen LogP contribution in [-0.4, -0.2) is 28.2 Å². The van der Waals surface area contributed by atoms with Crippen molar-refractivity contribution < 1.29 is 9.59 Å². The molecule has 0 aliphatic carbocycles. The fourth-order valence-corrected chi connectivity index (χ4v) is 3.97. The third kappa shape index (κ3) is 3.48. The number of aryl methyl sites for hydroxylation is 1. The van der Waals surface area contributed by atoms with Crippen LogP contribution in [0.15, 0.2) is 29.8 Å². The molecule has 0 unspecified atom stereocenters. The second kappa shape index (κ2) is 7.13. The summed E-state index contributed by atoms with van der Waals surface area (Å²) in [6, 6.07) is 6.03. The topological polar surface area (TPSA) is 62.3 Å². The molecule has 1 atom stereocenters. The van der Waals surface area contributed by atoms with Crippen molar-refractivity contribution in [1.82, 2.24) is 15.2 Å². The molecular weight excluding hydrogens is 322 g/mol. The van der Waals surface area contributed by atoms with Gasteiger partial charge in [-0.05, 0) is 54.5 Å². The van der Waals surface area contributed by atoms with Gasteiger partial charge in [-0.15, -0.1) is 11.3 Å². The summed E-state index contributed by atoms with van der Waals surface area (Å²) in [5.74, 6) is 0.0401. The molecule has 0 aromatic carbocycles. The van der Waals surface area contributed by atoms with E-state index in [1.54, 1.807) is 6.20 Å². The monoisotopic (exact) mass is 343 g/mol. The number of hydrogen-bond donors (Lipinski definition) is 1. The van der Waals surface area contributed by atoms with Crippen molar-refractivity contribution in [3.8, 4) is 0 Å². The molecule has 0 spiro atoms. The zero-order chi connectivity index (χ0) is 17.1. The molecule has 1 aliphatic rings. The normalized spacial score (nSPS) is 17.1. The number of carbonyl (C=O) groups is 2. The van der Waals surface area contributed by atoms with Gasteiger partial charge < -0.3 is 10.2 Å². The molecule has 3 heterocycles. The minimum Gasteiger partial charge on any atom is -0.351 e. The van der Waals surface area contributed by atoms with E-state index in [9.17, 15) is 9.59 Å². The van der Waals surface area contributed by atoms with Crippen molar-refractivity contribution in [2.75, 3.05) is 6.54 Å². The Morgan fingerprint density at radius 3 is 2.96 bits per heavy atom. The van der Waals surface area contributed by atoms with E-state index in [4.69, 9.17) is 0 Å². The van der Waals surface area contributed by atoms with Crippen molar-refractivity contribution in [1.29, 1.82) is 0 Å². The minimum atomic E-state index is -0.0759. The maximum Gasteiger partial charge on any atom is 0.264 e. The Balaban J connectivity index is 1.80. The van der Waals surface area contributed by atoms with E-state index < -0.39 is 0 Å². The average molecular weight is 343 g/mol. The summed E-state index contributed by atoms with van der Waals surface area (Å²) in [4.78, 5) is 31.0. The summed E-state index contributed by atoms with van der Waals surface area (Å²) in [5, 5.41) is 4.73. The summed E-state index contributed by atoms with van der Waals surface area (Å²) in [7, 11) is 0. The molecule has 0 radical (unpaired) electrons. The molecule has 0 saturated carbocycles. The number of likely N-dealkylation sites (tertiary alicyclic amines) is 1. The Morgan fingerprint density at radius 2 is 2.25 bits per heavy atom.